The Kier molecular flexibility index (Phi) is 5.33. The van der Waals surface area contributed by atoms with Crippen LogP contribution >= 0.6 is 0 Å². The molecule has 1 amide bonds. The number of amides is 1. The normalized spacial score (nSPS) is 27.2. The van der Waals surface area contributed by atoms with Crippen molar-refractivity contribution in [3.8, 4) is 17.2 Å². The van der Waals surface area contributed by atoms with Crippen LogP contribution in [0, 0.1) is 5.92 Å². The zero-order valence-electron chi connectivity index (χ0n) is 18.7. The zero-order chi connectivity index (χ0) is 22.3. The van der Waals surface area contributed by atoms with Crippen LogP contribution in [0.1, 0.15) is 30.4 Å². The molecule has 2 aromatic rings. The Labute approximate surface area is 189 Å². The topological polar surface area (TPSA) is 62.2 Å². The summed E-state index contributed by atoms with van der Waals surface area (Å²) >= 11 is 0. The van der Waals surface area contributed by atoms with Crippen LogP contribution in [0.4, 0.5) is 0 Å². The van der Waals surface area contributed by atoms with E-state index in [1.54, 1.807) is 20.3 Å². The summed E-state index contributed by atoms with van der Waals surface area (Å²) in [4.78, 5) is 18.1. The van der Waals surface area contributed by atoms with Crippen molar-refractivity contribution in [2.45, 2.75) is 37.4 Å². The number of benzene rings is 2. The molecule has 0 radical (unpaired) electrons. The maximum Gasteiger partial charge on any atom is 0.243 e. The van der Waals surface area contributed by atoms with Crippen LogP contribution in [0.3, 0.4) is 0 Å². The minimum Gasteiger partial charge on any atom is -0.504 e. The zero-order valence-corrected chi connectivity index (χ0v) is 18.7. The van der Waals surface area contributed by atoms with Gasteiger partial charge in [0.2, 0.25) is 5.91 Å². The van der Waals surface area contributed by atoms with E-state index in [4.69, 9.17) is 9.47 Å². The van der Waals surface area contributed by atoms with Crippen LogP contribution in [0.5, 0.6) is 17.2 Å². The summed E-state index contributed by atoms with van der Waals surface area (Å²) in [5.74, 6) is 2.09. The molecule has 1 spiro atoms. The highest BCUT2D eigenvalue weighted by atomic mass is 16.5. The van der Waals surface area contributed by atoms with Crippen molar-refractivity contribution in [2.75, 3.05) is 27.3 Å². The van der Waals surface area contributed by atoms with Gasteiger partial charge in [-0.25, -0.2) is 0 Å². The quantitative estimate of drug-likeness (QED) is 0.751. The highest BCUT2D eigenvalue weighted by molar-refractivity contribution is 5.90. The van der Waals surface area contributed by atoms with Gasteiger partial charge in [-0.15, -0.1) is 0 Å². The van der Waals surface area contributed by atoms with E-state index in [2.05, 4.69) is 22.0 Å². The Balaban J connectivity index is 1.32. The van der Waals surface area contributed by atoms with E-state index in [9.17, 15) is 9.90 Å². The second-order valence-corrected chi connectivity index (χ2v) is 9.05. The van der Waals surface area contributed by atoms with Crippen molar-refractivity contribution >= 4 is 12.0 Å². The molecule has 3 saturated heterocycles. The fourth-order valence-electron chi connectivity index (χ4n) is 5.92. The Morgan fingerprint density at radius 3 is 2.72 bits per heavy atom. The first-order valence-electron chi connectivity index (χ1n) is 11.3. The van der Waals surface area contributed by atoms with Crippen LogP contribution in [-0.2, 0) is 11.3 Å². The maximum atomic E-state index is 13.6. The predicted molar refractivity (Wildman–Crippen MR) is 123 cm³/mol. The molecule has 2 aromatic carbocycles. The van der Waals surface area contributed by atoms with E-state index in [0.29, 0.717) is 18.2 Å². The van der Waals surface area contributed by atoms with Crippen molar-refractivity contribution < 1.29 is 19.4 Å². The third-order valence-corrected chi connectivity index (χ3v) is 7.42. The van der Waals surface area contributed by atoms with Crippen molar-refractivity contribution in [1.82, 2.24) is 9.80 Å². The minimum absolute atomic E-state index is 0.140. The van der Waals surface area contributed by atoms with Gasteiger partial charge in [-0.05, 0) is 61.2 Å². The Hall–Kier alpha value is -2.99. The molecule has 6 nitrogen and oxygen atoms in total. The number of carbonyl (C=O) groups excluding carboxylic acids is 1. The van der Waals surface area contributed by atoms with Crippen LogP contribution in [0.25, 0.3) is 6.08 Å². The number of carbonyl (C=O) groups is 1. The SMILES string of the molecule is COc1ccc(CN2C[C@@H]3C[C@@H](/C=C/c4ccc(O)c(OC)c4)N4CCC[C@@]34C2=O)cc1. The van der Waals surface area contributed by atoms with E-state index in [1.807, 2.05) is 36.4 Å². The Morgan fingerprint density at radius 2 is 1.97 bits per heavy atom. The average molecular weight is 435 g/mol. The van der Waals surface area contributed by atoms with E-state index >= 15 is 0 Å². The molecule has 0 saturated carbocycles. The highest BCUT2D eigenvalue weighted by Gasteiger charge is 2.64. The molecule has 0 unspecified atom stereocenters. The van der Waals surface area contributed by atoms with Crippen molar-refractivity contribution in [2.24, 2.45) is 5.92 Å². The van der Waals surface area contributed by atoms with Crippen molar-refractivity contribution in [1.29, 1.82) is 0 Å². The standard InChI is InChI=1S/C26H30N2O4/c1-31-22-9-5-19(6-10-22)16-27-17-20-15-21(28-13-3-12-26(20,28)25(27)30)8-4-18-7-11-23(29)24(14-18)32-2/h4-11,14,20-21,29H,3,12-13,15-17H2,1-2H3/b8-4+/t20-,21+,26-/m0/s1. The highest BCUT2D eigenvalue weighted by Crippen LogP contribution is 2.52. The van der Waals surface area contributed by atoms with E-state index in [1.165, 1.54) is 0 Å². The molecule has 3 aliphatic heterocycles. The van der Waals surface area contributed by atoms with Gasteiger partial charge in [0.1, 0.15) is 11.3 Å². The number of phenolic OH excluding ortho intramolecular Hbond substituents is 1. The summed E-state index contributed by atoms with van der Waals surface area (Å²) in [6.07, 6.45) is 7.32. The molecule has 3 atom stereocenters. The van der Waals surface area contributed by atoms with Gasteiger partial charge in [0.15, 0.2) is 11.5 Å². The summed E-state index contributed by atoms with van der Waals surface area (Å²) < 4.78 is 10.5. The molecule has 0 aliphatic carbocycles. The fourth-order valence-corrected chi connectivity index (χ4v) is 5.92. The molecule has 3 fully saturated rings. The number of rotatable bonds is 6. The number of ether oxygens (including phenoxy) is 2. The number of phenols is 1. The second kappa shape index (κ2) is 8.17. The second-order valence-electron chi connectivity index (χ2n) is 9.05. The fraction of sp³-hybridized carbons (Fsp3) is 0.423. The third-order valence-electron chi connectivity index (χ3n) is 7.42. The third kappa shape index (κ3) is 3.34. The number of aromatic hydroxyl groups is 1. The number of hydrogen-bond donors (Lipinski definition) is 1. The molecule has 6 heteroatoms. The van der Waals surface area contributed by atoms with Gasteiger partial charge >= 0.3 is 0 Å². The summed E-state index contributed by atoms with van der Waals surface area (Å²) in [7, 11) is 3.22. The van der Waals surface area contributed by atoms with Crippen molar-refractivity contribution in [3.63, 3.8) is 0 Å². The molecular weight excluding hydrogens is 404 g/mol. The van der Waals surface area contributed by atoms with Gasteiger partial charge in [0.05, 0.1) is 14.2 Å². The number of likely N-dealkylation sites (tertiary alicyclic amines) is 1. The lowest BCUT2D eigenvalue weighted by molar-refractivity contribution is -0.137. The Bertz CT molecular complexity index is 1030. The molecule has 3 aliphatic rings. The van der Waals surface area contributed by atoms with E-state index in [0.717, 1.165) is 49.2 Å². The maximum absolute atomic E-state index is 13.6. The monoisotopic (exact) mass is 434 g/mol. The lowest BCUT2D eigenvalue weighted by atomic mass is 9.85. The lowest BCUT2D eigenvalue weighted by Gasteiger charge is -2.32. The minimum atomic E-state index is -0.339. The van der Waals surface area contributed by atoms with E-state index in [-0.39, 0.29) is 23.2 Å². The van der Waals surface area contributed by atoms with Gasteiger partial charge in [0.25, 0.3) is 0 Å². The lowest BCUT2D eigenvalue weighted by Crippen LogP contribution is -2.50. The predicted octanol–water partition coefficient (Wildman–Crippen LogP) is 3.69. The molecule has 5 rings (SSSR count). The van der Waals surface area contributed by atoms with Gasteiger partial charge in [-0.3, -0.25) is 9.69 Å². The molecule has 1 N–H and O–H groups in total. The first-order valence-corrected chi connectivity index (χ1v) is 11.3. The van der Waals surface area contributed by atoms with E-state index < -0.39 is 0 Å². The van der Waals surface area contributed by atoms with Gasteiger partial charge in [0, 0.05) is 25.0 Å². The summed E-state index contributed by atoms with van der Waals surface area (Å²) in [6, 6.07) is 13.6. The number of nitrogens with zero attached hydrogens (tertiary/aromatic N) is 2. The van der Waals surface area contributed by atoms with Crippen LogP contribution in [0.15, 0.2) is 48.5 Å². The van der Waals surface area contributed by atoms with Gasteiger partial charge in [-0.1, -0.05) is 30.4 Å². The smallest absolute Gasteiger partial charge is 0.243 e. The van der Waals surface area contributed by atoms with Gasteiger partial charge < -0.3 is 19.5 Å². The molecule has 32 heavy (non-hydrogen) atoms. The molecule has 3 heterocycles. The summed E-state index contributed by atoms with van der Waals surface area (Å²) in [5.41, 5.74) is 1.78. The number of hydrogen-bond acceptors (Lipinski definition) is 5. The summed E-state index contributed by atoms with van der Waals surface area (Å²) in [6.45, 7) is 2.44. The Morgan fingerprint density at radius 1 is 1.16 bits per heavy atom. The molecule has 0 bridgehead atoms. The molecule has 0 aromatic heterocycles. The van der Waals surface area contributed by atoms with Crippen LogP contribution in [-0.4, -0.2) is 59.7 Å². The summed E-state index contributed by atoms with van der Waals surface area (Å²) in [5, 5.41) is 9.83. The first kappa shape index (κ1) is 20.9. The van der Waals surface area contributed by atoms with Crippen LogP contribution < -0.4 is 9.47 Å². The van der Waals surface area contributed by atoms with Gasteiger partial charge in [-0.2, -0.15) is 0 Å². The van der Waals surface area contributed by atoms with Crippen LogP contribution in [0.2, 0.25) is 0 Å². The number of methoxy groups -OCH3 is 2. The first-order chi connectivity index (χ1) is 15.5. The molecular formula is C26H30N2O4. The molecule has 168 valence electrons. The average Bonchev–Trinajstić information content (AvgIpc) is 3.44. The van der Waals surface area contributed by atoms with Crippen molar-refractivity contribution in [3.05, 3.63) is 59.7 Å². The largest absolute Gasteiger partial charge is 0.504 e.